The van der Waals surface area contributed by atoms with Crippen molar-refractivity contribution in [2.24, 2.45) is 0 Å². The van der Waals surface area contributed by atoms with Crippen LogP contribution in [0.15, 0.2) is 24.3 Å². The lowest BCUT2D eigenvalue weighted by Gasteiger charge is -2.25. The molecule has 0 heterocycles. The summed E-state index contributed by atoms with van der Waals surface area (Å²) in [5, 5.41) is 8.58. The van der Waals surface area contributed by atoms with Gasteiger partial charge in [0.05, 0.1) is 112 Å². The maximum Gasteiger partial charge on any atom is 0.119 e. The molecular weight excluding hydrogens is 556 g/mol. The minimum absolute atomic E-state index is 0.0291. The molecule has 0 saturated carbocycles. The van der Waals surface area contributed by atoms with Crippen LogP contribution in [-0.4, -0.2) is 124 Å². The number of benzene rings is 1. The van der Waals surface area contributed by atoms with E-state index in [1.807, 2.05) is 0 Å². The Morgan fingerprint density at radius 3 is 1.23 bits per heavy atom. The molecule has 43 heavy (non-hydrogen) atoms. The molecule has 0 spiro atoms. The average Bonchev–Trinajstić information content (AvgIpc) is 3.01. The first-order valence-corrected chi connectivity index (χ1v) is 16.1. The molecule has 0 amide bonds. The van der Waals surface area contributed by atoms with Crippen molar-refractivity contribution in [1.82, 2.24) is 0 Å². The van der Waals surface area contributed by atoms with Gasteiger partial charge >= 0.3 is 0 Å². The van der Waals surface area contributed by atoms with Crippen LogP contribution in [0.25, 0.3) is 0 Å². The van der Waals surface area contributed by atoms with Crippen molar-refractivity contribution in [3.63, 3.8) is 0 Å². The first-order chi connectivity index (χ1) is 21.1. The third-order valence-electron chi connectivity index (χ3n) is 6.63. The quantitative estimate of drug-likeness (QED) is 0.114. The Hall–Kier alpha value is -1.34. The fourth-order valence-electron chi connectivity index (χ4n) is 4.06. The Kier molecular flexibility index (Phi) is 27.1. The van der Waals surface area contributed by atoms with Gasteiger partial charge in [-0.05, 0) is 29.5 Å². The van der Waals surface area contributed by atoms with Gasteiger partial charge < -0.3 is 47.7 Å². The van der Waals surface area contributed by atoms with Gasteiger partial charge in [-0.3, -0.25) is 0 Å². The molecular formula is C33H60O10. The molecule has 0 aliphatic rings. The van der Waals surface area contributed by atoms with Gasteiger partial charge in [-0.15, -0.1) is 0 Å². The molecule has 1 rings (SSSR count). The smallest absolute Gasteiger partial charge is 0.119 e. The van der Waals surface area contributed by atoms with Gasteiger partial charge in [0.25, 0.3) is 0 Å². The Morgan fingerprint density at radius 2 is 0.860 bits per heavy atom. The molecule has 0 radical (unpaired) electrons. The summed E-state index contributed by atoms with van der Waals surface area (Å²) in [6.45, 7) is 15.5. The van der Waals surface area contributed by atoms with E-state index in [-0.39, 0.29) is 12.0 Å². The maximum absolute atomic E-state index is 8.58. The molecule has 10 nitrogen and oxygen atoms in total. The fourth-order valence-corrected chi connectivity index (χ4v) is 4.06. The molecule has 0 atom stereocenters. The first-order valence-electron chi connectivity index (χ1n) is 16.1. The lowest BCUT2D eigenvalue weighted by Crippen LogP contribution is -2.17. The van der Waals surface area contributed by atoms with Gasteiger partial charge in [-0.1, -0.05) is 58.6 Å². The highest BCUT2D eigenvalue weighted by Gasteiger charge is 2.19. The molecule has 0 aromatic heterocycles. The van der Waals surface area contributed by atoms with E-state index in [1.54, 1.807) is 0 Å². The van der Waals surface area contributed by atoms with Crippen molar-refractivity contribution in [3.8, 4) is 5.75 Å². The number of aliphatic hydroxyl groups excluding tert-OH is 1. The van der Waals surface area contributed by atoms with Gasteiger partial charge in [0, 0.05) is 0 Å². The van der Waals surface area contributed by atoms with Crippen molar-refractivity contribution in [2.45, 2.75) is 58.3 Å². The maximum atomic E-state index is 8.58. The van der Waals surface area contributed by atoms with Crippen LogP contribution in [-0.2, 0) is 43.3 Å². The highest BCUT2D eigenvalue weighted by atomic mass is 16.6. The van der Waals surface area contributed by atoms with Crippen LogP contribution >= 0.6 is 0 Å². The van der Waals surface area contributed by atoms with Crippen LogP contribution in [0, 0.1) is 0 Å². The predicted molar refractivity (Wildman–Crippen MR) is 167 cm³/mol. The topological polar surface area (TPSA) is 103 Å². The van der Waals surface area contributed by atoms with Crippen LogP contribution < -0.4 is 4.74 Å². The molecule has 10 heteroatoms. The summed E-state index contributed by atoms with van der Waals surface area (Å²) in [6, 6.07) is 8.49. The van der Waals surface area contributed by atoms with Crippen LogP contribution in [0.1, 0.15) is 58.4 Å². The van der Waals surface area contributed by atoms with Gasteiger partial charge in [0.15, 0.2) is 0 Å². The van der Waals surface area contributed by atoms with Gasteiger partial charge in [-0.2, -0.15) is 0 Å². The van der Waals surface area contributed by atoms with Crippen molar-refractivity contribution in [1.29, 1.82) is 0 Å². The zero-order valence-electron chi connectivity index (χ0n) is 27.2. The lowest BCUT2D eigenvalue weighted by atomic mass is 9.80. The molecule has 0 aliphatic carbocycles. The summed E-state index contributed by atoms with van der Waals surface area (Å²) >= 11 is 0. The van der Waals surface area contributed by atoms with Crippen molar-refractivity contribution < 1.29 is 47.7 Å². The normalized spacial score (nSPS) is 11.8. The highest BCUT2D eigenvalue weighted by Crippen LogP contribution is 2.30. The zero-order valence-corrected chi connectivity index (χ0v) is 27.2. The number of aliphatic hydroxyl groups is 1. The van der Waals surface area contributed by atoms with E-state index in [4.69, 9.17) is 47.7 Å². The number of hydrogen-bond acceptors (Lipinski definition) is 10. The van der Waals surface area contributed by atoms with Crippen LogP contribution in [0.3, 0.4) is 0 Å². The molecule has 0 unspecified atom stereocenters. The summed E-state index contributed by atoms with van der Waals surface area (Å²) < 4.78 is 49.2. The second-order valence-corrected chi connectivity index (χ2v) is 10.7. The average molecular weight is 617 g/mol. The van der Waals surface area contributed by atoms with Crippen LogP contribution in [0.4, 0.5) is 0 Å². The minimum Gasteiger partial charge on any atom is -0.491 e. The van der Waals surface area contributed by atoms with Gasteiger partial charge in [-0.25, -0.2) is 0 Å². The van der Waals surface area contributed by atoms with E-state index in [2.05, 4.69) is 45.0 Å². The van der Waals surface area contributed by atoms with Crippen molar-refractivity contribution in [3.05, 3.63) is 29.8 Å². The molecule has 252 valence electrons. The van der Waals surface area contributed by atoms with Gasteiger partial charge in [0.1, 0.15) is 12.4 Å². The molecule has 1 aromatic rings. The second-order valence-electron chi connectivity index (χ2n) is 10.7. The monoisotopic (exact) mass is 616 g/mol. The standard InChI is InChI=1S/C33H60O10/c1-4-5-6-7-12-33(2,3)31-8-10-32(11-9-31)43-30-29-42-28-27-41-26-25-40-24-23-39-22-21-38-20-19-37-18-17-36-16-15-35-14-13-34/h8-11,34H,4-7,12-30H2,1-3H3. The number of hydrogen-bond donors (Lipinski definition) is 1. The Bertz CT molecular complexity index is 701. The third kappa shape index (κ3) is 24.6. The summed E-state index contributed by atoms with van der Waals surface area (Å²) in [7, 11) is 0. The van der Waals surface area contributed by atoms with Crippen LogP contribution in [0.2, 0.25) is 0 Å². The molecule has 0 fully saturated rings. The Balaban J connectivity index is 1.80. The number of ether oxygens (including phenoxy) is 9. The largest absolute Gasteiger partial charge is 0.491 e. The summed E-state index contributed by atoms with van der Waals surface area (Å²) in [4.78, 5) is 0. The van der Waals surface area contributed by atoms with Crippen molar-refractivity contribution >= 4 is 0 Å². The first kappa shape index (κ1) is 39.7. The van der Waals surface area contributed by atoms with E-state index in [0.29, 0.717) is 112 Å². The Labute approximate surface area is 260 Å². The predicted octanol–water partition coefficient (Wildman–Crippen LogP) is 4.44. The van der Waals surface area contributed by atoms with E-state index >= 15 is 0 Å². The lowest BCUT2D eigenvalue weighted by molar-refractivity contribution is -0.0242. The van der Waals surface area contributed by atoms with Crippen molar-refractivity contribution in [2.75, 3.05) is 119 Å². The third-order valence-corrected chi connectivity index (χ3v) is 6.63. The van der Waals surface area contributed by atoms with E-state index in [9.17, 15) is 0 Å². The highest BCUT2D eigenvalue weighted by molar-refractivity contribution is 5.31. The SMILES string of the molecule is CCCCCCC(C)(C)c1ccc(OCCOCCOCCOCCOCCOCCOCCOCCOCCO)cc1. The van der Waals surface area contributed by atoms with E-state index in [0.717, 1.165) is 5.75 Å². The van der Waals surface area contributed by atoms with Gasteiger partial charge in [0.2, 0.25) is 0 Å². The fraction of sp³-hybridized carbons (Fsp3) is 0.818. The van der Waals surface area contributed by atoms with E-state index < -0.39 is 0 Å². The summed E-state index contributed by atoms with van der Waals surface area (Å²) in [6.07, 6.45) is 6.40. The zero-order chi connectivity index (χ0) is 31.1. The number of rotatable bonds is 33. The molecule has 0 saturated heterocycles. The molecule has 1 N–H and O–H groups in total. The van der Waals surface area contributed by atoms with Crippen LogP contribution in [0.5, 0.6) is 5.75 Å². The minimum atomic E-state index is 0.0291. The molecule has 0 aliphatic heterocycles. The molecule has 0 bridgehead atoms. The molecule has 1 aromatic carbocycles. The summed E-state index contributed by atoms with van der Waals surface area (Å²) in [5.74, 6) is 0.876. The summed E-state index contributed by atoms with van der Waals surface area (Å²) in [5.41, 5.74) is 1.55. The second kappa shape index (κ2) is 29.4. The Morgan fingerprint density at radius 1 is 0.488 bits per heavy atom. The van der Waals surface area contributed by atoms with E-state index in [1.165, 1.54) is 37.7 Å². The number of unbranched alkanes of at least 4 members (excludes halogenated alkanes) is 3.